The van der Waals surface area contributed by atoms with Crippen molar-refractivity contribution in [3.05, 3.63) is 38.2 Å². The van der Waals surface area contributed by atoms with Crippen LogP contribution in [0.1, 0.15) is 46.4 Å². The molecular weight excluding hydrogens is 430 g/mol. The maximum absolute atomic E-state index is 12.9. The van der Waals surface area contributed by atoms with E-state index in [2.05, 4.69) is 45.3 Å². The molecule has 0 unspecified atom stereocenters. The van der Waals surface area contributed by atoms with Crippen LogP contribution < -0.4 is 15.4 Å². The van der Waals surface area contributed by atoms with E-state index in [1.54, 1.807) is 23.5 Å². The van der Waals surface area contributed by atoms with Gasteiger partial charge in [-0.2, -0.15) is 0 Å². The van der Waals surface area contributed by atoms with Crippen LogP contribution in [0, 0.1) is 0 Å². The van der Waals surface area contributed by atoms with E-state index in [0.717, 1.165) is 40.1 Å². The number of phenols is 1. The topological polar surface area (TPSA) is 73.8 Å². The molecule has 3 heterocycles. The number of anilines is 1. The lowest BCUT2D eigenvalue weighted by Gasteiger charge is -2.31. The summed E-state index contributed by atoms with van der Waals surface area (Å²) in [5.74, 6) is 0.288. The number of nitrogens with one attached hydrogen (secondary N) is 2. The SMILES string of the molecule is COc1cc(Br)cc([C@@H]2NC(=O)c3c(sc4c3CCN(C(C)C)C4)N2)c1O. The van der Waals surface area contributed by atoms with E-state index in [9.17, 15) is 9.90 Å². The van der Waals surface area contributed by atoms with Crippen molar-refractivity contribution in [3.63, 3.8) is 0 Å². The van der Waals surface area contributed by atoms with Gasteiger partial charge in [0.15, 0.2) is 11.5 Å². The second kappa shape index (κ2) is 7.00. The summed E-state index contributed by atoms with van der Waals surface area (Å²) in [6.07, 6.45) is 0.368. The molecular formula is C19H22BrN3O3S. The average molecular weight is 452 g/mol. The summed E-state index contributed by atoms with van der Waals surface area (Å²) in [5, 5.41) is 17.8. The van der Waals surface area contributed by atoms with Crippen LogP contribution in [0.15, 0.2) is 16.6 Å². The first-order chi connectivity index (χ1) is 12.9. The Morgan fingerprint density at radius 1 is 1.37 bits per heavy atom. The van der Waals surface area contributed by atoms with Gasteiger partial charge in [0.2, 0.25) is 0 Å². The van der Waals surface area contributed by atoms with Gasteiger partial charge in [0.1, 0.15) is 11.2 Å². The lowest BCUT2D eigenvalue weighted by Crippen LogP contribution is -2.39. The molecule has 3 N–H and O–H groups in total. The summed E-state index contributed by atoms with van der Waals surface area (Å²) >= 11 is 5.08. The van der Waals surface area contributed by atoms with Crippen molar-refractivity contribution in [2.45, 2.75) is 39.0 Å². The van der Waals surface area contributed by atoms with E-state index in [-0.39, 0.29) is 11.7 Å². The van der Waals surface area contributed by atoms with E-state index < -0.39 is 6.17 Å². The van der Waals surface area contributed by atoms with Crippen LogP contribution in [-0.4, -0.2) is 35.6 Å². The quantitative estimate of drug-likeness (QED) is 0.660. The van der Waals surface area contributed by atoms with Crippen LogP contribution in [0.5, 0.6) is 11.5 Å². The Kier molecular flexibility index (Phi) is 4.82. The molecule has 4 rings (SSSR count). The molecule has 0 spiro atoms. The van der Waals surface area contributed by atoms with Crippen LogP contribution in [-0.2, 0) is 13.0 Å². The molecule has 1 aromatic carbocycles. The van der Waals surface area contributed by atoms with Gasteiger partial charge in [-0.3, -0.25) is 9.69 Å². The largest absolute Gasteiger partial charge is 0.504 e. The third-order valence-electron chi connectivity index (χ3n) is 5.19. The number of benzene rings is 1. The molecule has 1 aromatic heterocycles. The number of fused-ring (bicyclic) bond motifs is 3. The molecule has 8 heteroatoms. The summed E-state index contributed by atoms with van der Waals surface area (Å²) in [6.45, 7) is 6.24. The van der Waals surface area contributed by atoms with E-state index in [1.165, 1.54) is 12.0 Å². The van der Waals surface area contributed by atoms with Crippen LogP contribution in [0.4, 0.5) is 5.00 Å². The van der Waals surface area contributed by atoms with Gasteiger partial charge in [0.05, 0.1) is 12.7 Å². The normalized spacial score (nSPS) is 19.3. The van der Waals surface area contributed by atoms with E-state index >= 15 is 0 Å². The molecule has 144 valence electrons. The summed E-state index contributed by atoms with van der Waals surface area (Å²) in [5.41, 5.74) is 2.48. The zero-order valence-electron chi connectivity index (χ0n) is 15.4. The number of amides is 1. The maximum Gasteiger partial charge on any atom is 0.256 e. The van der Waals surface area contributed by atoms with Crippen molar-refractivity contribution < 1.29 is 14.6 Å². The Balaban J connectivity index is 1.69. The van der Waals surface area contributed by atoms with Gasteiger partial charge in [0, 0.05) is 34.0 Å². The predicted molar refractivity (Wildman–Crippen MR) is 110 cm³/mol. The molecule has 0 radical (unpaired) electrons. The molecule has 6 nitrogen and oxygen atoms in total. The number of rotatable bonds is 3. The van der Waals surface area contributed by atoms with Gasteiger partial charge in [-0.05, 0) is 38.0 Å². The Hall–Kier alpha value is -1.77. The van der Waals surface area contributed by atoms with E-state index in [1.807, 2.05) is 0 Å². The molecule has 0 aliphatic carbocycles. The van der Waals surface area contributed by atoms with Crippen LogP contribution in [0.3, 0.4) is 0 Å². The highest BCUT2D eigenvalue weighted by Crippen LogP contribution is 2.43. The van der Waals surface area contributed by atoms with Crippen molar-refractivity contribution in [3.8, 4) is 11.5 Å². The highest BCUT2D eigenvalue weighted by molar-refractivity contribution is 9.10. The van der Waals surface area contributed by atoms with E-state index in [4.69, 9.17) is 4.74 Å². The first-order valence-electron chi connectivity index (χ1n) is 8.91. The summed E-state index contributed by atoms with van der Waals surface area (Å²) in [6, 6.07) is 3.96. The standard InChI is InChI=1S/C19H22BrN3O3S/c1-9(2)23-5-4-11-14(8-23)27-19-15(11)18(25)21-17(22-19)12-6-10(20)7-13(26-3)16(12)24/h6-7,9,17,22,24H,4-5,8H2,1-3H3,(H,21,25)/t17-/m1/s1. The zero-order valence-corrected chi connectivity index (χ0v) is 17.8. The molecule has 0 saturated carbocycles. The first-order valence-corrected chi connectivity index (χ1v) is 10.5. The summed E-state index contributed by atoms with van der Waals surface area (Å²) in [7, 11) is 1.50. The lowest BCUT2D eigenvalue weighted by atomic mass is 9.99. The fraction of sp³-hybridized carbons (Fsp3) is 0.421. The van der Waals surface area contributed by atoms with E-state index in [0.29, 0.717) is 17.4 Å². The number of carbonyl (C=O) groups is 1. The average Bonchev–Trinajstić information content (AvgIpc) is 3.01. The molecule has 2 aromatic rings. The minimum atomic E-state index is -0.516. The third-order valence-corrected chi connectivity index (χ3v) is 6.80. The molecule has 27 heavy (non-hydrogen) atoms. The van der Waals surface area contributed by atoms with Gasteiger partial charge in [-0.1, -0.05) is 15.9 Å². The monoisotopic (exact) mass is 451 g/mol. The minimum Gasteiger partial charge on any atom is -0.504 e. The minimum absolute atomic E-state index is 0.0225. The van der Waals surface area contributed by atoms with Crippen molar-refractivity contribution in [1.82, 2.24) is 10.2 Å². The van der Waals surface area contributed by atoms with Crippen molar-refractivity contribution in [2.75, 3.05) is 19.0 Å². The van der Waals surface area contributed by atoms with Gasteiger partial charge in [-0.15, -0.1) is 11.3 Å². The number of aromatic hydroxyl groups is 1. The molecule has 2 aliphatic rings. The Morgan fingerprint density at radius 2 is 2.15 bits per heavy atom. The first kappa shape index (κ1) is 18.6. The van der Waals surface area contributed by atoms with Gasteiger partial charge in [-0.25, -0.2) is 0 Å². The zero-order chi connectivity index (χ0) is 19.3. The number of nitrogens with zero attached hydrogens (tertiary/aromatic N) is 1. The van der Waals surface area contributed by atoms with Crippen molar-refractivity contribution in [1.29, 1.82) is 0 Å². The Labute approximate surface area is 170 Å². The fourth-order valence-electron chi connectivity index (χ4n) is 3.70. The second-order valence-electron chi connectivity index (χ2n) is 7.12. The van der Waals surface area contributed by atoms with Crippen molar-refractivity contribution >= 4 is 38.2 Å². The van der Waals surface area contributed by atoms with Crippen LogP contribution >= 0.6 is 27.3 Å². The number of hydrogen-bond acceptors (Lipinski definition) is 6. The molecule has 1 atom stereocenters. The summed E-state index contributed by atoms with van der Waals surface area (Å²) < 4.78 is 6.00. The van der Waals surface area contributed by atoms with Crippen LogP contribution in [0.25, 0.3) is 0 Å². The fourth-order valence-corrected chi connectivity index (χ4v) is 5.46. The maximum atomic E-state index is 12.9. The highest BCUT2D eigenvalue weighted by Gasteiger charge is 2.34. The number of hydrogen-bond donors (Lipinski definition) is 3. The number of ether oxygens (including phenoxy) is 1. The number of phenolic OH excluding ortho intramolecular Hbond substituents is 1. The summed E-state index contributed by atoms with van der Waals surface area (Å²) in [4.78, 5) is 16.6. The smallest absolute Gasteiger partial charge is 0.256 e. The molecule has 2 aliphatic heterocycles. The molecule has 0 saturated heterocycles. The van der Waals surface area contributed by atoms with Gasteiger partial charge in [0.25, 0.3) is 5.91 Å². The van der Waals surface area contributed by atoms with Gasteiger partial charge < -0.3 is 20.5 Å². The Morgan fingerprint density at radius 3 is 2.85 bits per heavy atom. The van der Waals surface area contributed by atoms with Crippen molar-refractivity contribution in [2.24, 2.45) is 0 Å². The molecule has 0 fully saturated rings. The Bertz CT molecular complexity index is 912. The number of thiophene rings is 1. The second-order valence-corrected chi connectivity index (χ2v) is 9.14. The molecule has 1 amide bonds. The predicted octanol–water partition coefficient (Wildman–Crippen LogP) is 3.85. The van der Waals surface area contributed by atoms with Crippen LogP contribution in [0.2, 0.25) is 0 Å². The lowest BCUT2D eigenvalue weighted by molar-refractivity contribution is 0.0934. The number of methoxy groups -OCH3 is 1. The number of carbonyl (C=O) groups excluding carboxylic acids is 1. The highest BCUT2D eigenvalue weighted by atomic mass is 79.9. The number of halogens is 1. The van der Waals surface area contributed by atoms with Gasteiger partial charge >= 0.3 is 0 Å². The third kappa shape index (κ3) is 3.19. The molecule has 0 bridgehead atoms.